The minimum absolute atomic E-state index is 0.0381. The monoisotopic (exact) mass is 292 g/mol. The highest BCUT2D eigenvalue weighted by molar-refractivity contribution is 5.73. The fourth-order valence-corrected chi connectivity index (χ4v) is 2.04. The van der Waals surface area contributed by atoms with E-state index in [9.17, 15) is 4.79 Å². The zero-order chi connectivity index (χ0) is 15.8. The summed E-state index contributed by atoms with van der Waals surface area (Å²) in [5.74, 6) is 0.895. The molecule has 0 radical (unpaired) electrons. The molecule has 118 valence electrons. The maximum Gasteiger partial charge on any atom is 0.317 e. The highest BCUT2D eigenvalue weighted by Crippen LogP contribution is 2.22. The number of hydrogen-bond donors (Lipinski definition) is 1. The summed E-state index contributed by atoms with van der Waals surface area (Å²) in [6.45, 7) is 10.1. The van der Waals surface area contributed by atoms with Gasteiger partial charge >= 0.3 is 6.03 Å². The van der Waals surface area contributed by atoms with Crippen LogP contribution < -0.4 is 10.1 Å². The zero-order valence-electron chi connectivity index (χ0n) is 14.0. The molecule has 4 nitrogen and oxygen atoms in total. The van der Waals surface area contributed by atoms with Crippen LogP contribution in [-0.2, 0) is 0 Å². The fourth-order valence-electron chi connectivity index (χ4n) is 2.04. The van der Waals surface area contributed by atoms with Crippen molar-refractivity contribution in [2.45, 2.75) is 40.5 Å². The van der Waals surface area contributed by atoms with Crippen LogP contribution in [0.15, 0.2) is 12.1 Å². The van der Waals surface area contributed by atoms with Crippen molar-refractivity contribution in [3.8, 4) is 5.75 Å². The van der Waals surface area contributed by atoms with E-state index >= 15 is 0 Å². The van der Waals surface area contributed by atoms with Crippen molar-refractivity contribution in [2.75, 3.05) is 26.7 Å². The van der Waals surface area contributed by atoms with Gasteiger partial charge in [0.25, 0.3) is 0 Å². The molecule has 0 saturated heterocycles. The molecule has 0 saturated carbocycles. The first-order valence-electron chi connectivity index (χ1n) is 7.65. The average Bonchev–Trinajstić information content (AvgIpc) is 2.45. The van der Waals surface area contributed by atoms with Crippen molar-refractivity contribution in [3.05, 3.63) is 28.8 Å². The molecule has 2 amide bonds. The number of aryl methyl sites for hydroxylation is 3. The highest BCUT2D eigenvalue weighted by Gasteiger charge is 2.07. The van der Waals surface area contributed by atoms with Crippen LogP contribution in [0, 0.1) is 20.8 Å². The first-order valence-corrected chi connectivity index (χ1v) is 7.65. The molecule has 0 fully saturated rings. The van der Waals surface area contributed by atoms with E-state index in [-0.39, 0.29) is 6.03 Å². The maximum atomic E-state index is 11.8. The highest BCUT2D eigenvalue weighted by atomic mass is 16.5. The second-order valence-corrected chi connectivity index (χ2v) is 5.56. The summed E-state index contributed by atoms with van der Waals surface area (Å²) in [6.07, 6.45) is 2.12. The molecule has 0 heterocycles. The Morgan fingerprint density at radius 1 is 1.19 bits per heavy atom. The number of urea groups is 1. The Bertz CT molecular complexity index is 472. The summed E-state index contributed by atoms with van der Waals surface area (Å²) in [5, 5.41) is 2.87. The van der Waals surface area contributed by atoms with E-state index in [0.29, 0.717) is 13.2 Å². The van der Waals surface area contributed by atoms with Crippen molar-refractivity contribution in [3.63, 3.8) is 0 Å². The van der Waals surface area contributed by atoms with Gasteiger partial charge in [-0.3, -0.25) is 0 Å². The molecule has 0 aliphatic heterocycles. The first kappa shape index (κ1) is 17.3. The molecule has 0 spiro atoms. The van der Waals surface area contributed by atoms with Crippen LogP contribution in [0.3, 0.4) is 0 Å². The van der Waals surface area contributed by atoms with Gasteiger partial charge in [0.15, 0.2) is 0 Å². The summed E-state index contributed by atoms with van der Waals surface area (Å²) in [5.41, 5.74) is 3.62. The van der Waals surface area contributed by atoms with Gasteiger partial charge in [0.05, 0.1) is 6.54 Å². The van der Waals surface area contributed by atoms with E-state index in [0.717, 1.165) is 30.7 Å². The molecular weight excluding hydrogens is 264 g/mol. The normalized spacial score (nSPS) is 10.3. The number of nitrogens with one attached hydrogen (secondary N) is 1. The molecule has 0 aliphatic rings. The molecule has 0 bridgehead atoms. The SMILES string of the molecule is CCCCN(C)C(=O)NCCOc1cc(C)c(C)cc1C. The lowest BCUT2D eigenvalue weighted by molar-refractivity contribution is 0.204. The number of benzene rings is 1. The molecule has 0 aromatic heterocycles. The van der Waals surface area contributed by atoms with Gasteiger partial charge in [-0.15, -0.1) is 0 Å². The van der Waals surface area contributed by atoms with Gasteiger partial charge in [-0.2, -0.15) is 0 Å². The van der Waals surface area contributed by atoms with Gasteiger partial charge in [0, 0.05) is 13.6 Å². The summed E-state index contributed by atoms with van der Waals surface area (Å²) in [6, 6.07) is 4.14. The number of nitrogens with zero attached hydrogens (tertiary/aromatic N) is 1. The lowest BCUT2D eigenvalue weighted by Gasteiger charge is -2.18. The third-order valence-electron chi connectivity index (χ3n) is 3.62. The number of carbonyl (C=O) groups excluding carboxylic acids is 1. The molecule has 1 aromatic rings. The topological polar surface area (TPSA) is 41.6 Å². The van der Waals surface area contributed by atoms with Crippen LogP contribution in [0.4, 0.5) is 4.79 Å². The van der Waals surface area contributed by atoms with Crippen LogP contribution in [0.25, 0.3) is 0 Å². The Morgan fingerprint density at radius 3 is 2.52 bits per heavy atom. The van der Waals surface area contributed by atoms with E-state index in [4.69, 9.17) is 4.74 Å². The van der Waals surface area contributed by atoms with E-state index in [1.165, 1.54) is 11.1 Å². The van der Waals surface area contributed by atoms with Gasteiger partial charge in [-0.25, -0.2) is 4.79 Å². The van der Waals surface area contributed by atoms with Crippen molar-refractivity contribution >= 4 is 6.03 Å². The van der Waals surface area contributed by atoms with Crippen molar-refractivity contribution in [2.24, 2.45) is 0 Å². The second kappa shape index (κ2) is 8.55. The lowest BCUT2D eigenvalue weighted by Crippen LogP contribution is -2.39. The Balaban J connectivity index is 2.34. The van der Waals surface area contributed by atoms with E-state index in [1.54, 1.807) is 4.90 Å². The molecule has 21 heavy (non-hydrogen) atoms. The summed E-state index contributed by atoms with van der Waals surface area (Å²) >= 11 is 0. The lowest BCUT2D eigenvalue weighted by atomic mass is 10.1. The number of amides is 2. The Kier molecular flexibility index (Phi) is 7.06. The predicted molar refractivity (Wildman–Crippen MR) is 87.1 cm³/mol. The Labute approximate surface area is 128 Å². The van der Waals surface area contributed by atoms with Crippen molar-refractivity contribution in [1.29, 1.82) is 0 Å². The molecule has 1 N–H and O–H groups in total. The minimum Gasteiger partial charge on any atom is -0.491 e. The zero-order valence-corrected chi connectivity index (χ0v) is 14.0. The Morgan fingerprint density at radius 2 is 1.86 bits per heavy atom. The molecule has 4 heteroatoms. The smallest absolute Gasteiger partial charge is 0.317 e. The van der Waals surface area contributed by atoms with E-state index < -0.39 is 0 Å². The average molecular weight is 292 g/mol. The van der Waals surface area contributed by atoms with Gasteiger partial charge in [0.1, 0.15) is 12.4 Å². The summed E-state index contributed by atoms with van der Waals surface area (Å²) in [4.78, 5) is 13.5. The third-order valence-corrected chi connectivity index (χ3v) is 3.62. The number of carbonyl (C=O) groups is 1. The van der Waals surface area contributed by atoms with Crippen LogP contribution in [0.2, 0.25) is 0 Å². The molecule has 0 atom stereocenters. The van der Waals surface area contributed by atoms with Gasteiger partial charge in [-0.05, 0) is 49.9 Å². The summed E-state index contributed by atoms with van der Waals surface area (Å²) in [7, 11) is 1.82. The quantitative estimate of drug-likeness (QED) is 0.782. The third kappa shape index (κ3) is 5.66. The standard InChI is InChI=1S/C17H28N2O2/c1-6-7-9-19(5)17(20)18-8-10-21-16-12-14(3)13(2)11-15(16)4/h11-12H,6-10H2,1-5H3,(H,18,20). The maximum absolute atomic E-state index is 11.8. The van der Waals surface area contributed by atoms with Crippen molar-refractivity contribution < 1.29 is 9.53 Å². The largest absolute Gasteiger partial charge is 0.491 e. The van der Waals surface area contributed by atoms with Crippen LogP contribution in [0.1, 0.15) is 36.5 Å². The second-order valence-electron chi connectivity index (χ2n) is 5.56. The number of rotatable bonds is 7. The van der Waals surface area contributed by atoms with Gasteiger partial charge in [0.2, 0.25) is 0 Å². The number of hydrogen-bond acceptors (Lipinski definition) is 2. The first-order chi connectivity index (χ1) is 9.95. The fraction of sp³-hybridized carbons (Fsp3) is 0.588. The van der Waals surface area contributed by atoms with Crippen LogP contribution in [0.5, 0.6) is 5.75 Å². The molecular formula is C17H28N2O2. The van der Waals surface area contributed by atoms with Crippen molar-refractivity contribution in [1.82, 2.24) is 10.2 Å². The van der Waals surface area contributed by atoms with Crippen LogP contribution in [-0.4, -0.2) is 37.7 Å². The minimum atomic E-state index is -0.0381. The number of ether oxygens (including phenoxy) is 1. The van der Waals surface area contributed by atoms with Gasteiger partial charge < -0.3 is 15.0 Å². The predicted octanol–water partition coefficient (Wildman–Crippen LogP) is 3.43. The molecule has 0 aliphatic carbocycles. The number of unbranched alkanes of at least 4 members (excludes halogenated alkanes) is 1. The molecule has 1 rings (SSSR count). The van der Waals surface area contributed by atoms with Gasteiger partial charge in [-0.1, -0.05) is 19.4 Å². The van der Waals surface area contributed by atoms with E-state index in [1.807, 2.05) is 14.0 Å². The van der Waals surface area contributed by atoms with Crippen LogP contribution >= 0.6 is 0 Å². The Hall–Kier alpha value is -1.71. The summed E-state index contributed by atoms with van der Waals surface area (Å²) < 4.78 is 5.75. The molecule has 1 aromatic carbocycles. The molecule has 0 unspecified atom stereocenters. The van der Waals surface area contributed by atoms with E-state index in [2.05, 4.69) is 38.2 Å².